The van der Waals surface area contributed by atoms with Gasteiger partial charge in [0, 0.05) is 10.5 Å². The van der Waals surface area contributed by atoms with Gasteiger partial charge in [0.25, 0.3) is 5.91 Å². The Hall–Kier alpha value is -0.550. The van der Waals surface area contributed by atoms with E-state index in [9.17, 15) is 4.79 Å². The molecule has 2 atom stereocenters. The van der Waals surface area contributed by atoms with Crippen molar-refractivity contribution in [2.24, 2.45) is 0 Å². The highest BCUT2D eigenvalue weighted by molar-refractivity contribution is 9.11. The zero-order chi connectivity index (χ0) is 14.4. The quantitative estimate of drug-likeness (QED) is 0.784. The van der Waals surface area contributed by atoms with Gasteiger partial charge in [0.1, 0.15) is 5.75 Å². The molecule has 0 saturated carbocycles. The summed E-state index contributed by atoms with van der Waals surface area (Å²) >= 11 is 6.79. The molecule has 1 rings (SSSR count). The van der Waals surface area contributed by atoms with Crippen LogP contribution in [-0.2, 0) is 4.79 Å². The summed E-state index contributed by atoms with van der Waals surface area (Å²) < 4.78 is 7.44. The van der Waals surface area contributed by atoms with Crippen LogP contribution in [0.4, 0.5) is 0 Å². The molecule has 0 bridgehead atoms. The monoisotopic (exact) mass is 391 g/mol. The standard InChI is InChI=1S/C14H19Br2NO2/c1-4-5-9(2)17-14(18)10(3)19-13-7-6-11(15)8-12(13)16/h6-10H,4-5H2,1-3H3,(H,17,18)/t9-,10+/m1/s1. The second-order valence-corrected chi connectivity index (χ2v) is 6.30. The number of carbonyl (C=O) groups is 1. The lowest BCUT2D eigenvalue weighted by atomic mass is 10.2. The summed E-state index contributed by atoms with van der Waals surface area (Å²) in [7, 11) is 0. The molecule has 0 saturated heterocycles. The first kappa shape index (κ1) is 16.5. The van der Waals surface area contributed by atoms with Gasteiger partial charge >= 0.3 is 0 Å². The zero-order valence-electron chi connectivity index (χ0n) is 11.4. The van der Waals surface area contributed by atoms with Crippen LogP contribution in [0.1, 0.15) is 33.6 Å². The third-order valence-electron chi connectivity index (χ3n) is 2.68. The van der Waals surface area contributed by atoms with E-state index >= 15 is 0 Å². The van der Waals surface area contributed by atoms with Crippen LogP contribution in [-0.4, -0.2) is 18.1 Å². The molecular weight excluding hydrogens is 374 g/mol. The van der Waals surface area contributed by atoms with Gasteiger partial charge in [-0.05, 0) is 54.4 Å². The van der Waals surface area contributed by atoms with E-state index in [1.165, 1.54) is 0 Å². The van der Waals surface area contributed by atoms with Crippen molar-refractivity contribution in [2.45, 2.75) is 45.8 Å². The van der Waals surface area contributed by atoms with Gasteiger partial charge in [0.05, 0.1) is 4.47 Å². The lowest BCUT2D eigenvalue weighted by molar-refractivity contribution is -0.127. The number of amides is 1. The average Bonchev–Trinajstić information content (AvgIpc) is 2.32. The fourth-order valence-electron chi connectivity index (χ4n) is 1.68. The summed E-state index contributed by atoms with van der Waals surface area (Å²) in [4.78, 5) is 12.0. The molecule has 3 nitrogen and oxygen atoms in total. The normalized spacial score (nSPS) is 13.7. The number of benzene rings is 1. The Kier molecular flexibility index (Phi) is 6.86. The Balaban J connectivity index is 2.58. The van der Waals surface area contributed by atoms with Crippen molar-refractivity contribution < 1.29 is 9.53 Å². The third kappa shape index (κ3) is 5.53. The van der Waals surface area contributed by atoms with Gasteiger partial charge < -0.3 is 10.1 Å². The fraction of sp³-hybridized carbons (Fsp3) is 0.500. The SMILES string of the molecule is CCC[C@@H](C)NC(=O)[C@H](C)Oc1ccc(Br)cc1Br. The number of rotatable bonds is 6. The lowest BCUT2D eigenvalue weighted by Gasteiger charge is -2.19. The minimum atomic E-state index is -0.517. The van der Waals surface area contributed by atoms with Gasteiger partial charge in [-0.2, -0.15) is 0 Å². The number of hydrogen-bond donors (Lipinski definition) is 1. The highest BCUT2D eigenvalue weighted by Gasteiger charge is 2.17. The molecule has 0 unspecified atom stereocenters. The number of hydrogen-bond acceptors (Lipinski definition) is 2. The summed E-state index contributed by atoms with van der Waals surface area (Å²) in [5, 5.41) is 2.94. The first-order chi connectivity index (χ1) is 8.93. The highest BCUT2D eigenvalue weighted by atomic mass is 79.9. The van der Waals surface area contributed by atoms with Crippen molar-refractivity contribution in [2.75, 3.05) is 0 Å². The van der Waals surface area contributed by atoms with Crippen LogP contribution in [0, 0.1) is 0 Å². The van der Waals surface area contributed by atoms with Crippen LogP contribution < -0.4 is 10.1 Å². The molecule has 0 aliphatic carbocycles. The van der Waals surface area contributed by atoms with E-state index in [-0.39, 0.29) is 11.9 Å². The largest absolute Gasteiger partial charge is 0.480 e. The van der Waals surface area contributed by atoms with Crippen LogP contribution in [0.5, 0.6) is 5.75 Å². The molecule has 0 fully saturated rings. The van der Waals surface area contributed by atoms with E-state index in [0.29, 0.717) is 5.75 Å². The van der Waals surface area contributed by atoms with Crippen molar-refractivity contribution in [3.05, 3.63) is 27.1 Å². The molecule has 0 aliphatic rings. The van der Waals surface area contributed by atoms with E-state index in [4.69, 9.17) is 4.74 Å². The van der Waals surface area contributed by atoms with Gasteiger partial charge in [0.15, 0.2) is 6.10 Å². The van der Waals surface area contributed by atoms with E-state index in [1.807, 2.05) is 25.1 Å². The van der Waals surface area contributed by atoms with Crippen LogP contribution >= 0.6 is 31.9 Å². The molecule has 0 spiro atoms. The van der Waals surface area contributed by atoms with E-state index in [0.717, 1.165) is 21.8 Å². The predicted octanol–water partition coefficient (Wildman–Crippen LogP) is 4.28. The summed E-state index contributed by atoms with van der Waals surface area (Å²) in [6.45, 7) is 5.85. The van der Waals surface area contributed by atoms with Gasteiger partial charge in [0.2, 0.25) is 0 Å². The zero-order valence-corrected chi connectivity index (χ0v) is 14.5. The Morgan fingerprint density at radius 1 is 1.37 bits per heavy atom. The minimum absolute atomic E-state index is 0.0873. The van der Waals surface area contributed by atoms with E-state index in [1.54, 1.807) is 6.92 Å². The number of ether oxygens (including phenoxy) is 1. The van der Waals surface area contributed by atoms with Gasteiger partial charge in [-0.15, -0.1) is 0 Å². The van der Waals surface area contributed by atoms with Gasteiger partial charge in [-0.25, -0.2) is 0 Å². The van der Waals surface area contributed by atoms with Crippen LogP contribution in [0.25, 0.3) is 0 Å². The summed E-state index contributed by atoms with van der Waals surface area (Å²) in [6.07, 6.45) is 1.51. The van der Waals surface area contributed by atoms with Crippen molar-refractivity contribution >= 4 is 37.8 Å². The Labute approximate surface area is 131 Å². The molecular formula is C14H19Br2NO2. The molecule has 19 heavy (non-hydrogen) atoms. The predicted molar refractivity (Wildman–Crippen MR) is 84.4 cm³/mol. The van der Waals surface area contributed by atoms with Crippen molar-refractivity contribution in [3.8, 4) is 5.75 Å². The van der Waals surface area contributed by atoms with Gasteiger partial charge in [-0.1, -0.05) is 29.3 Å². The summed E-state index contributed by atoms with van der Waals surface area (Å²) in [6, 6.07) is 5.77. The van der Waals surface area contributed by atoms with Crippen molar-refractivity contribution in [1.82, 2.24) is 5.32 Å². The molecule has 1 aromatic rings. The second-order valence-electron chi connectivity index (χ2n) is 4.53. The molecule has 5 heteroatoms. The first-order valence-electron chi connectivity index (χ1n) is 6.36. The smallest absolute Gasteiger partial charge is 0.260 e. The maximum atomic E-state index is 12.0. The van der Waals surface area contributed by atoms with Gasteiger partial charge in [-0.3, -0.25) is 4.79 Å². The maximum Gasteiger partial charge on any atom is 0.260 e. The van der Waals surface area contributed by atoms with E-state index < -0.39 is 6.10 Å². The lowest BCUT2D eigenvalue weighted by Crippen LogP contribution is -2.41. The van der Waals surface area contributed by atoms with Crippen LogP contribution in [0.3, 0.4) is 0 Å². The average molecular weight is 393 g/mol. The van der Waals surface area contributed by atoms with Crippen LogP contribution in [0.15, 0.2) is 27.1 Å². The molecule has 106 valence electrons. The van der Waals surface area contributed by atoms with Crippen molar-refractivity contribution in [1.29, 1.82) is 0 Å². The third-order valence-corrected chi connectivity index (χ3v) is 3.79. The molecule has 1 N–H and O–H groups in total. The second kappa shape index (κ2) is 7.90. The minimum Gasteiger partial charge on any atom is -0.480 e. The fourth-order valence-corrected chi connectivity index (χ4v) is 2.82. The topological polar surface area (TPSA) is 38.3 Å². The Bertz CT molecular complexity index is 437. The van der Waals surface area contributed by atoms with Crippen molar-refractivity contribution in [3.63, 3.8) is 0 Å². The molecule has 1 amide bonds. The molecule has 0 radical (unpaired) electrons. The first-order valence-corrected chi connectivity index (χ1v) is 7.94. The molecule has 0 aromatic heterocycles. The Morgan fingerprint density at radius 3 is 2.63 bits per heavy atom. The number of nitrogens with one attached hydrogen (secondary N) is 1. The maximum absolute atomic E-state index is 12.0. The number of halogens is 2. The highest BCUT2D eigenvalue weighted by Crippen LogP contribution is 2.28. The van der Waals surface area contributed by atoms with E-state index in [2.05, 4.69) is 44.1 Å². The van der Waals surface area contributed by atoms with Crippen LogP contribution in [0.2, 0.25) is 0 Å². The molecule has 0 heterocycles. The number of carbonyl (C=O) groups excluding carboxylic acids is 1. The molecule has 0 aliphatic heterocycles. The summed E-state index contributed by atoms with van der Waals surface area (Å²) in [5.74, 6) is 0.574. The summed E-state index contributed by atoms with van der Waals surface area (Å²) in [5.41, 5.74) is 0. The molecule has 1 aromatic carbocycles. The Morgan fingerprint density at radius 2 is 2.05 bits per heavy atom.